The minimum absolute atomic E-state index is 0.148. The van der Waals surface area contributed by atoms with Crippen molar-refractivity contribution in [3.63, 3.8) is 0 Å². The first-order valence-electron chi connectivity index (χ1n) is 9.96. The molecule has 2 aromatic rings. The number of piperidine rings is 1. The van der Waals surface area contributed by atoms with E-state index < -0.39 is 15.9 Å². The van der Waals surface area contributed by atoms with Crippen LogP contribution < -0.4 is 10.6 Å². The third-order valence-electron chi connectivity index (χ3n) is 4.98. The van der Waals surface area contributed by atoms with E-state index in [-0.39, 0.29) is 36.2 Å². The van der Waals surface area contributed by atoms with Gasteiger partial charge in [-0.15, -0.1) is 0 Å². The van der Waals surface area contributed by atoms with Gasteiger partial charge in [0.05, 0.1) is 23.1 Å². The van der Waals surface area contributed by atoms with E-state index in [1.807, 2.05) is 12.1 Å². The molecule has 0 spiro atoms. The van der Waals surface area contributed by atoms with Crippen molar-refractivity contribution in [2.45, 2.75) is 30.7 Å². The van der Waals surface area contributed by atoms with Gasteiger partial charge < -0.3 is 10.6 Å². The zero-order chi connectivity index (χ0) is 21.4. The Balaban J connectivity index is 1.44. The Morgan fingerprint density at radius 1 is 1.07 bits per heavy atom. The van der Waals surface area contributed by atoms with E-state index in [9.17, 15) is 18.0 Å². The third kappa shape index (κ3) is 5.87. The first-order valence-corrected chi connectivity index (χ1v) is 11.4. The topological polar surface area (TPSA) is 108 Å². The van der Waals surface area contributed by atoms with Crippen LogP contribution in [0.2, 0.25) is 0 Å². The molecule has 2 heterocycles. The summed E-state index contributed by atoms with van der Waals surface area (Å²) in [5.74, 6) is -0.827. The van der Waals surface area contributed by atoms with Crippen molar-refractivity contribution in [3.05, 3.63) is 60.4 Å². The highest BCUT2D eigenvalue weighted by molar-refractivity contribution is 7.89. The summed E-state index contributed by atoms with van der Waals surface area (Å²) in [5.41, 5.74) is 0.761. The van der Waals surface area contributed by atoms with Gasteiger partial charge in [-0.1, -0.05) is 24.3 Å². The van der Waals surface area contributed by atoms with Gasteiger partial charge in [0.15, 0.2) is 0 Å². The number of aromatic nitrogens is 1. The predicted octanol–water partition coefficient (Wildman–Crippen LogP) is 1.30. The van der Waals surface area contributed by atoms with Crippen LogP contribution >= 0.6 is 0 Å². The number of sulfonamides is 1. The fraction of sp³-hybridized carbons (Fsp3) is 0.381. The van der Waals surface area contributed by atoms with Crippen molar-refractivity contribution in [3.8, 4) is 0 Å². The summed E-state index contributed by atoms with van der Waals surface area (Å²) in [6.45, 7) is 1.09. The molecule has 1 fully saturated rings. The summed E-state index contributed by atoms with van der Waals surface area (Å²) in [5, 5.41) is 5.51. The molecule has 9 heteroatoms. The van der Waals surface area contributed by atoms with Gasteiger partial charge in [-0.2, -0.15) is 4.31 Å². The van der Waals surface area contributed by atoms with Gasteiger partial charge in [0, 0.05) is 32.3 Å². The number of carbonyl (C=O) groups is 2. The van der Waals surface area contributed by atoms with E-state index in [1.165, 1.54) is 4.31 Å². The van der Waals surface area contributed by atoms with Crippen LogP contribution in [-0.2, 0) is 26.2 Å². The summed E-state index contributed by atoms with van der Waals surface area (Å²) in [4.78, 5) is 28.8. The lowest BCUT2D eigenvalue weighted by Gasteiger charge is -2.31. The zero-order valence-corrected chi connectivity index (χ0v) is 17.5. The fourth-order valence-electron chi connectivity index (χ4n) is 3.34. The average Bonchev–Trinajstić information content (AvgIpc) is 2.79. The summed E-state index contributed by atoms with van der Waals surface area (Å²) < 4.78 is 26.9. The SMILES string of the molecule is O=C(CCNC(=O)[C@H]1CCCN(S(=O)(=O)c2ccccc2)C1)NCc1ccccn1. The Labute approximate surface area is 176 Å². The molecule has 30 heavy (non-hydrogen) atoms. The highest BCUT2D eigenvalue weighted by Gasteiger charge is 2.33. The number of nitrogens with zero attached hydrogens (tertiary/aromatic N) is 2. The van der Waals surface area contributed by atoms with Gasteiger partial charge in [-0.3, -0.25) is 14.6 Å². The number of benzene rings is 1. The van der Waals surface area contributed by atoms with Crippen LogP contribution in [0.25, 0.3) is 0 Å². The molecule has 0 aliphatic carbocycles. The molecule has 1 atom stereocenters. The van der Waals surface area contributed by atoms with Crippen molar-refractivity contribution in [2.75, 3.05) is 19.6 Å². The number of hydrogen-bond donors (Lipinski definition) is 2. The molecule has 1 aromatic carbocycles. The van der Waals surface area contributed by atoms with Crippen molar-refractivity contribution in [1.82, 2.24) is 19.9 Å². The van der Waals surface area contributed by atoms with Crippen molar-refractivity contribution < 1.29 is 18.0 Å². The molecule has 2 N–H and O–H groups in total. The molecule has 0 unspecified atom stereocenters. The van der Waals surface area contributed by atoms with Crippen molar-refractivity contribution in [1.29, 1.82) is 0 Å². The number of carbonyl (C=O) groups excluding carboxylic acids is 2. The van der Waals surface area contributed by atoms with Gasteiger partial charge in [0.2, 0.25) is 21.8 Å². The van der Waals surface area contributed by atoms with E-state index in [0.717, 1.165) is 5.69 Å². The Morgan fingerprint density at radius 2 is 1.83 bits per heavy atom. The second kappa shape index (κ2) is 10.3. The third-order valence-corrected chi connectivity index (χ3v) is 6.86. The van der Waals surface area contributed by atoms with Crippen LogP contribution in [0.1, 0.15) is 25.0 Å². The Kier molecular flexibility index (Phi) is 7.53. The minimum Gasteiger partial charge on any atom is -0.355 e. The molecule has 1 saturated heterocycles. The average molecular weight is 431 g/mol. The minimum atomic E-state index is -3.61. The molecule has 0 bridgehead atoms. The molecule has 0 saturated carbocycles. The number of hydrogen-bond acceptors (Lipinski definition) is 5. The van der Waals surface area contributed by atoms with Gasteiger partial charge in [0.25, 0.3) is 0 Å². The Bertz CT molecular complexity index is 951. The molecular formula is C21H26N4O4S. The van der Waals surface area contributed by atoms with Crippen LogP contribution in [0.3, 0.4) is 0 Å². The summed E-state index contributed by atoms with van der Waals surface area (Å²) in [6, 6.07) is 13.7. The highest BCUT2D eigenvalue weighted by atomic mass is 32.2. The van der Waals surface area contributed by atoms with E-state index in [0.29, 0.717) is 25.9 Å². The number of nitrogens with one attached hydrogen (secondary N) is 2. The Morgan fingerprint density at radius 3 is 2.57 bits per heavy atom. The maximum absolute atomic E-state index is 12.8. The second-order valence-corrected chi connectivity index (χ2v) is 9.09. The van der Waals surface area contributed by atoms with E-state index in [1.54, 1.807) is 42.6 Å². The molecule has 0 radical (unpaired) electrons. The van der Waals surface area contributed by atoms with E-state index >= 15 is 0 Å². The summed E-state index contributed by atoms with van der Waals surface area (Å²) >= 11 is 0. The summed E-state index contributed by atoms with van der Waals surface area (Å²) in [7, 11) is -3.61. The maximum Gasteiger partial charge on any atom is 0.243 e. The van der Waals surface area contributed by atoms with Crippen LogP contribution in [0, 0.1) is 5.92 Å². The molecule has 1 aliphatic rings. The quantitative estimate of drug-likeness (QED) is 0.656. The molecule has 1 aliphatic heterocycles. The first-order chi connectivity index (χ1) is 14.5. The molecule has 1 aromatic heterocycles. The van der Waals surface area contributed by atoms with Gasteiger partial charge in [-0.25, -0.2) is 8.42 Å². The predicted molar refractivity (Wildman–Crippen MR) is 112 cm³/mol. The molecule has 2 amide bonds. The van der Waals surface area contributed by atoms with Crippen LogP contribution in [0.5, 0.6) is 0 Å². The molecule has 160 valence electrons. The molecule has 3 rings (SSSR count). The molecular weight excluding hydrogens is 404 g/mol. The van der Waals surface area contributed by atoms with Crippen molar-refractivity contribution in [2.24, 2.45) is 5.92 Å². The van der Waals surface area contributed by atoms with E-state index in [2.05, 4.69) is 15.6 Å². The van der Waals surface area contributed by atoms with Crippen molar-refractivity contribution >= 4 is 21.8 Å². The highest BCUT2D eigenvalue weighted by Crippen LogP contribution is 2.23. The normalized spacial score (nSPS) is 17.3. The van der Waals surface area contributed by atoms with Crippen LogP contribution in [-0.4, -0.2) is 49.2 Å². The molecule has 8 nitrogen and oxygen atoms in total. The van der Waals surface area contributed by atoms with Crippen LogP contribution in [0.15, 0.2) is 59.6 Å². The van der Waals surface area contributed by atoms with Gasteiger partial charge in [-0.05, 0) is 37.1 Å². The fourth-order valence-corrected chi connectivity index (χ4v) is 4.88. The zero-order valence-electron chi connectivity index (χ0n) is 16.7. The first kappa shape index (κ1) is 21.9. The summed E-state index contributed by atoms with van der Waals surface area (Å²) in [6.07, 6.45) is 3.05. The standard InChI is InChI=1S/C21H26N4O4S/c26-20(24-15-18-8-4-5-12-22-18)11-13-23-21(27)17-7-6-14-25(16-17)30(28,29)19-9-2-1-3-10-19/h1-5,8-10,12,17H,6-7,11,13-16H2,(H,23,27)(H,24,26)/t17-/m0/s1. The lowest BCUT2D eigenvalue weighted by molar-refractivity contribution is -0.126. The largest absolute Gasteiger partial charge is 0.355 e. The smallest absolute Gasteiger partial charge is 0.243 e. The van der Waals surface area contributed by atoms with E-state index in [4.69, 9.17) is 0 Å². The number of amides is 2. The lowest BCUT2D eigenvalue weighted by atomic mass is 9.99. The number of pyridine rings is 1. The number of rotatable bonds is 8. The Hall–Kier alpha value is -2.78. The monoisotopic (exact) mass is 430 g/mol. The van der Waals surface area contributed by atoms with Gasteiger partial charge >= 0.3 is 0 Å². The maximum atomic E-state index is 12.8. The second-order valence-electron chi connectivity index (χ2n) is 7.15. The van der Waals surface area contributed by atoms with Crippen LogP contribution in [0.4, 0.5) is 0 Å². The lowest BCUT2D eigenvalue weighted by Crippen LogP contribution is -2.45. The van der Waals surface area contributed by atoms with Gasteiger partial charge in [0.1, 0.15) is 0 Å².